The molecule has 2 heterocycles. The minimum absolute atomic E-state index is 0.732. The first-order valence-electron chi connectivity index (χ1n) is 6.73. The van der Waals surface area contributed by atoms with Crippen LogP contribution in [0.1, 0.15) is 23.3 Å². The minimum Gasteiger partial charge on any atom is -0.369 e. The van der Waals surface area contributed by atoms with E-state index < -0.39 is 0 Å². The third-order valence-corrected chi connectivity index (χ3v) is 4.28. The fourth-order valence-corrected chi connectivity index (χ4v) is 2.95. The van der Waals surface area contributed by atoms with E-state index >= 15 is 0 Å². The van der Waals surface area contributed by atoms with Crippen molar-refractivity contribution in [2.75, 3.05) is 11.9 Å². The molecule has 100 valence electrons. The Morgan fingerprint density at radius 2 is 2.32 bits per heavy atom. The molecule has 0 spiro atoms. The number of hydrogen-bond donors (Lipinski definition) is 1. The average Bonchev–Trinajstić information content (AvgIpc) is 3.13. The van der Waals surface area contributed by atoms with Crippen LogP contribution in [0.5, 0.6) is 0 Å². The standard InChI is InChI=1S/C15H19N3S/c1-18(11-14-3-2-8-19-14)15-6-7-16-9-12(15)10-17-13-4-5-13/h2-3,6-9,13,17H,4-5,10-11H2,1H3. The fourth-order valence-electron chi connectivity index (χ4n) is 2.19. The van der Waals surface area contributed by atoms with Crippen LogP contribution in [-0.4, -0.2) is 18.1 Å². The Bertz CT molecular complexity index is 520. The second-order valence-electron chi connectivity index (χ2n) is 5.09. The summed E-state index contributed by atoms with van der Waals surface area (Å²) in [5, 5.41) is 5.69. The van der Waals surface area contributed by atoms with Gasteiger partial charge in [-0.1, -0.05) is 6.07 Å². The monoisotopic (exact) mass is 273 g/mol. The number of nitrogens with one attached hydrogen (secondary N) is 1. The van der Waals surface area contributed by atoms with E-state index in [9.17, 15) is 0 Å². The summed E-state index contributed by atoms with van der Waals surface area (Å²) in [4.78, 5) is 7.95. The summed E-state index contributed by atoms with van der Waals surface area (Å²) in [7, 11) is 2.15. The Morgan fingerprint density at radius 1 is 1.42 bits per heavy atom. The normalized spacial score (nSPS) is 14.6. The number of anilines is 1. The van der Waals surface area contributed by atoms with Gasteiger partial charge in [0.1, 0.15) is 0 Å². The highest BCUT2D eigenvalue weighted by molar-refractivity contribution is 7.09. The lowest BCUT2D eigenvalue weighted by Crippen LogP contribution is -2.21. The van der Waals surface area contributed by atoms with Gasteiger partial charge >= 0.3 is 0 Å². The molecular weight excluding hydrogens is 254 g/mol. The van der Waals surface area contributed by atoms with Gasteiger partial charge < -0.3 is 10.2 Å². The summed E-state index contributed by atoms with van der Waals surface area (Å²) in [6, 6.07) is 7.13. The topological polar surface area (TPSA) is 28.2 Å². The molecule has 1 N–H and O–H groups in total. The molecule has 1 aliphatic rings. The van der Waals surface area contributed by atoms with Crippen molar-refractivity contribution in [3.8, 4) is 0 Å². The van der Waals surface area contributed by atoms with Gasteiger partial charge in [-0.15, -0.1) is 11.3 Å². The maximum Gasteiger partial charge on any atom is 0.0519 e. The summed E-state index contributed by atoms with van der Waals surface area (Å²) in [6.45, 7) is 1.88. The largest absolute Gasteiger partial charge is 0.369 e. The molecule has 1 saturated carbocycles. The molecule has 4 heteroatoms. The van der Waals surface area contributed by atoms with E-state index in [2.05, 4.69) is 45.8 Å². The molecule has 0 aliphatic heterocycles. The highest BCUT2D eigenvalue weighted by atomic mass is 32.1. The maximum absolute atomic E-state index is 4.26. The van der Waals surface area contributed by atoms with E-state index in [0.717, 1.165) is 19.1 Å². The van der Waals surface area contributed by atoms with Crippen molar-refractivity contribution < 1.29 is 0 Å². The lowest BCUT2D eigenvalue weighted by Gasteiger charge is -2.21. The molecule has 1 aliphatic carbocycles. The van der Waals surface area contributed by atoms with E-state index in [1.165, 1.54) is 29.0 Å². The molecule has 0 aromatic carbocycles. The smallest absolute Gasteiger partial charge is 0.0519 e. The first kappa shape index (κ1) is 12.6. The van der Waals surface area contributed by atoms with Gasteiger partial charge in [0.25, 0.3) is 0 Å². The van der Waals surface area contributed by atoms with Crippen LogP contribution in [0, 0.1) is 0 Å². The number of hydrogen-bond acceptors (Lipinski definition) is 4. The lowest BCUT2D eigenvalue weighted by molar-refractivity contribution is 0.683. The van der Waals surface area contributed by atoms with E-state index in [0.29, 0.717) is 0 Å². The van der Waals surface area contributed by atoms with Gasteiger partial charge in [0.05, 0.1) is 6.54 Å². The molecule has 3 rings (SSSR count). The van der Waals surface area contributed by atoms with Crippen LogP contribution < -0.4 is 10.2 Å². The van der Waals surface area contributed by atoms with Crippen molar-refractivity contribution in [2.45, 2.75) is 32.0 Å². The zero-order chi connectivity index (χ0) is 13.1. The Hall–Kier alpha value is -1.39. The van der Waals surface area contributed by atoms with Crippen LogP contribution in [0.25, 0.3) is 0 Å². The summed E-state index contributed by atoms with van der Waals surface area (Å²) in [5.74, 6) is 0. The van der Waals surface area contributed by atoms with Crippen molar-refractivity contribution >= 4 is 17.0 Å². The zero-order valence-electron chi connectivity index (χ0n) is 11.2. The van der Waals surface area contributed by atoms with Crippen LogP contribution >= 0.6 is 11.3 Å². The second-order valence-corrected chi connectivity index (χ2v) is 6.13. The third-order valence-electron chi connectivity index (χ3n) is 3.42. The lowest BCUT2D eigenvalue weighted by atomic mass is 10.2. The van der Waals surface area contributed by atoms with Crippen molar-refractivity contribution in [3.05, 3.63) is 46.4 Å². The zero-order valence-corrected chi connectivity index (χ0v) is 12.0. The predicted molar refractivity (Wildman–Crippen MR) is 80.5 cm³/mol. The molecule has 0 unspecified atom stereocenters. The average molecular weight is 273 g/mol. The van der Waals surface area contributed by atoms with Crippen LogP contribution in [0.15, 0.2) is 36.0 Å². The molecular formula is C15H19N3S. The molecule has 0 bridgehead atoms. The van der Waals surface area contributed by atoms with Crippen LogP contribution in [0.4, 0.5) is 5.69 Å². The Morgan fingerprint density at radius 3 is 3.05 bits per heavy atom. The first-order chi connectivity index (χ1) is 9.33. The van der Waals surface area contributed by atoms with Gasteiger partial charge in [0, 0.05) is 48.2 Å². The van der Waals surface area contributed by atoms with Crippen molar-refractivity contribution in [1.29, 1.82) is 0 Å². The van der Waals surface area contributed by atoms with Gasteiger partial charge in [-0.2, -0.15) is 0 Å². The molecule has 0 amide bonds. The van der Waals surface area contributed by atoms with Gasteiger partial charge in [-0.3, -0.25) is 4.98 Å². The predicted octanol–water partition coefficient (Wildman–Crippen LogP) is 3.03. The highest BCUT2D eigenvalue weighted by Crippen LogP contribution is 2.24. The Balaban J connectivity index is 1.70. The van der Waals surface area contributed by atoms with Crippen molar-refractivity contribution in [2.24, 2.45) is 0 Å². The molecule has 2 aromatic rings. The van der Waals surface area contributed by atoms with Crippen molar-refractivity contribution in [3.63, 3.8) is 0 Å². The summed E-state index contributed by atoms with van der Waals surface area (Å²) < 4.78 is 0. The SMILES string of the molecule is CN(Cc1cccs1)c1ccncc1CNC1CC1. The van der Waals surface area contributed by atoms with Crippen molar-refractivity contribution in [1.82, 2.24) is 10.3 Å². The number of aromatic nitrogens is 1. The van der Waals surface area contributed by atoms with Gasteiger partial charge in [0.15, 0.2) is 0 Å². The summed E-state index contributed by atoms with van der Waals surface area (Å²) in [6.07, 6.45) is 6.50. The van der Waals surface area contributed by atoms with Crippen LogP contribution in [0.2, 0.25) is 0 Å². The molecule has 0 saturated heterocycles. The molecule has 0 radical (unpaired) electrons. The van der Waals surface area contributed by atoms with E-state index in [1.807, 2.05) is 23.7 Å². The third kappa shape index (κ3) is 3.33. The quantitative estimate of drug-likeness (QED) is 0.877. The number of pyridine rings is 1. The molecule has 0 atom stereocenters. The maximum atomic E-state index is 4.26. The van der Waals surface area contributed by atoms with Gasteiger partial charge in [-0.05, 0) is 30.4 Å². The Kier molecular flexibility index (Phi) is 3.80. The van der Waals surface area contributed by atoms with E-state index in [4.69, 9.17) is 0 Å². The molecule has 3 nitrogen and oxygen atoms in total. The fraction of sp³-hybridized carbons (Fsp3) is 0.400. The molecule has 2 aromatic heterocycles. The van der Waals surface area contributed by atoms with Gasteiger partial charge in [-0.25, -0.2) is 0 Å². The molecule has 19 heavy (non-hydrogen) atoms. The first-order valence-corrected chi connectivity index (χ1v) is 7.60. The second kappa shape index (κ2) is 5.72. The van der Waals surface area contributed by atoms with Gasteiger partial charge in [0.2, 0.25) is 0 Å². The van der Waals surface area contributed by atoms with E-state index in [-0.39, 0.29) is 0 Å². The number of rotatable bonds is 6. The minimum atomic E-state index is 0.732. The van der Waals surface area contributed by atoms with Crippen LogP contribution in [0.3, 0.4) is 0 Å². The summed E-state index contributed by atoms with van der Waals surface area (Å²) in [5.41, 5.74) is 2.56. The van der Waals surface area contributed by atoms with Crippen LogP contribution in [-0.2, 0) is 13.1 Å². The Labute approximate surface area is 118 Å². The summed E-state index contributed by atoms with van der Waals surface area (Å²) >= 11 is 1.81. The highest BCUT2D eigenvalue weighted by Gasteiger charge is 2.20. The molecule has 1 fully saturated rings. The number of nitrogens with zero attached hydrogens (tertiary/aromatic N) is 2. The van der Waals surface area contributed by atoms with E-state index in [1.54, 1.807) is 0 Å². The number of thiophene rings is 1.